The number of rotatable bonds is 7. The number of hydrogen-bond acceptors (Lipinski definition) is 3. The lowest BCUT2D eigenvalue weighted by Crippen LogP contribution is -2.45. The topological polar surface area (TPSA) is 50.4 Å². The molecule has 1 aliphatic rings. The summed E-state index contributed by atoms with van der Waals surface area (Å²) in [4.78, 5) is 12.0. The van der Waals surface area contributed by atoms with Gasteiger partial charge in [0, 0.05) is 31.6 Å². The fraction of sp³-hybridized carbons (Fsp3) is 0.611. The van der Waals surface area contributed by atoms with Gasteiger partial charge in [0.25, 0.3) is 0 Å². The normalized spacial score (nSPS) is 16.4. The molecule has 0 spiro atoms. The Morgan fingerprint density at radius 1 is 1.26 bits per heavy atom. The van der Waals surface area contributed by atoms with Gasteiger partial charge in [0.1, 0.15) is 0 Å². The third kappa shape index (κ3) is 5.48. The van der Waals surface area contributed by atoms with Crippen LogP contribution in [0, 0.1) is 6.92 Å². The van der Waals surface area contributed by atoms with E-state index in [1.807, 2.05) is 7.05 Å². The Morgan fingerprint density at radius 3 is 2.61 bits per heavy atom. The first-order valence-corrected chi connectivity index (χ1v) is 8.23. The predicted octanol–water partition coefficient (Wildman–Crippen LogP) is 2.58. The van der Waals surface area contributed by atoms with Gasteiger partial charge in [-0.2, -0.15) is 0 Å². The fourth-order valence-electron chi connectivity index (χ4n) is 3.25. The molecule has 4 nitrogen and oxygen atoms in total. The van der Waals surface area contributed by atoms with Crippen LogP contribution in [0.3, 0.4) is 0 Å². The minimum absolute atomic E-state index is 0. The molecule has 130 valence electrons. The van der Waals surface area contributed by atoms with Crippen molar-refractivity contribution < 1.29 is 9.53 Å². The largest absolute Gasteiger partial charge is 0.381 e. The quantitative estimate of drug-likeness (QED) is 0.750. The van der Waals surface area contributed by atoms with Gasteiger partial charge in [-0.25, -0.2) is 0 Å². The molecule has 0 bridgehead atoms. The number of nitrogens with one attached hydrogen (secondary N) is 2. The Balaban J connectivity index is 0.00000264. The molecular formula is C18H29ClN2O2. The number of ether oxygens (including phenoxy) is 1. The molecule has 0 atom stereocenters. The standard InChI is InChI=1S/C18H28N2O2.ClH/c1-15-6-3-4-7-16(15)18(9-12-22-13-10-18)14-20-17(21)8-5-11-19-2;/h3-4,6-7,19H,5,8-14H2,1-2H3,(H,20,21);1H. The number of halogens is 1. The number of carbonyl (C=O) groups excluding carboxylic acids is 1. The van der Waals surface area contributed by atoms with Gasteiger partial charge in [-0.3, -0.25) is 4.79 Å². The highest BCUT2D eigenvalue weighted by atomic mass is 35.5. The third-order valence-electron chi connectivity index (χ3n) is 4.62. The number of benzene rings is 1. The second-order valence-corrected chi connectivity index (χ2v) is 6.19. The number of amides is 1. The van der Waals surface area contributed by atoms with Gasteiger partial charge in [-0.1, -0.05) is 24.3 Å². The van der Waals surface area contributed by atoms with Gasteiger partial charge in [0.05, 0.1) is 0 Å². The molecule has 1 aliphatic heterocycles. The van der Waals surface area contributed by atoms with Gasteiger partial charge in [0.2, 0.25) is 5.91 Å². The van der Waals surface area contributed by atoms with Crippen LogP contribution in [0.1, 0.15) is 36.8 Å². The average Bonchev–Trinajstić information content (AvgIpc) is 2.54. The van der Waals surface area contributed by atoms with Crippen LogP contribution in [0.15, 0.2) is 24.3 Å². The fourth-order valence-corrected chi connectivity index (χ4v) is 3.25. The number of aryl methyl sites for hydroxylation is 1. The highest BCUT2D eigenvalue weighted by Crippen LogP contribution is 2.36. The predicted molar refractivity (Wildman–Crippen MR) is 96.3 cm³/mol. The van der Waals surface area contributed by atoms with Crippen LogP contribution in [0.2, 0.25) is 0 Å². The summed E-state index contributed by atoms with van der Waals surface area (Å²) >= 11 is 0. The van der Waals surface area contributed by atoms with E-state index in [1.54, 1.807) is 0 Å². The number of carbonyl (C=O) groups is 1. The van der Waals surface area contributed by atoms with E-state index in [4.69, 9.17) is 4.74 Å². The minimum Gasteiger partial charge on any atom is -0.381 e. The monoisotopic (exact) mass is 340 g/mol. The maximum Gasteiger partial charge on any atom is 0.220 e. The van der Waals surface area contributed by atoms with Gasteiger partial charge in [-0.15, -0.1) is 12.4 Å². The van der Waals surface area contributed by atoms with Crippen molar-refractivity contribution in [2.75, 3.05) is 33.4 Å². The summed E-state index contributed by atoms with van der Waals surface area (Å²) in [5, 5.41) is 6.23. The molecule has 5 heteroatoms. The van der Waals surface area contributed by atoms with Crippen molar-refractivity contribution in [3.05, 3.63) is 35.4 Å². The van der Waals surface area contributed by atoms with Crippen molar-refractivity contribution in [2.24, 2.45) is 0 Å². The first kappa shape index (κ1) is 19.9. The van der Waals surface area contributed by atoms with E-state index in [0.717, 1.165) is 39.0 Å². The molecule has 1 aromatic carbocycles. The van der Waals surface area contributed by atoms with E-state index >= 15 is 0 Å². The Morgan fingerprint density at radius 2 is 1.96 bits per heavy atom. The maximum atomic E-state index is 12.0. The van der Waals surface area contributed by atoms with E-state index in [0.29, 0.717) is 13.0 Å². The van der Waals surface area contributed by atoms with E-state index in [1.165, 1.54) is 11.1 Å². The summed E-state index contributed by atoms with van der Waals surface area (Å²) in [5.41, 5.74) is 2.67. The van der Waals surface area contributed by atoms with Crippen molar-refractivity contribution in [3.8, 4) is 0 Å². The van der Waals surface area contributed by atoms with Crippen LogP contribution in [0.5, 0.6) is 0 Å². The van der Waals surface area contributed by atoms with Crippen molar-refractivity contribution >= 4 is 18.3 Å². The zero-order valence-electron chi connectivity index (χ0n) is 14.2. The van der Waals surface area contributed by atoms with E-state index in [2.05, 4.69) is 41.8 Å². The minimum atomic E-state index is 0. The highest BCUT2D eigenvalue weighted by molar-refractivity contribution is 5.85. The molecule has 0 saturated carbocycles. The average molecular weight is 341 g/mol. The summed E-state index contributed by atoms with van der Waals surface area (Å²) in [6.45, 7) is 5.28. The van der Waals surface area contributed by atoms with Gasteiger partial charge < -0.3 is 15.4 Å². The van der Waals surface area contributed by atoms with Crippen LogP contribution in [-0.4, -0.2) is 39.3 Å². The van der Waals surface area contributed by atoms with Crippen molar-refractivity contribution in [3.63, 3.8) is 0 Å². The molecule has 0 aliphatic carbocycles. The Bertz CT molecular complexity index is 488. The molecule has 0 aromatic heterocycles. The molecule has 2 rings (SSSR count). The molecule has 2 N–H and O–H groups in total. The SMILES string of the molecule is CNCCCC(=O)NCC1(c2ccccc2C)CCOCC1.Cl. The molecule has 1 saturated heterocycles. The van der Waals surface area contributed by atoms with Crippen LogP contribution in [0.25, 0.3) is 0 Å². The summed E-state index contributed by atoms with van der Waals surface area (Å²) in [6.07, 6.45) is 3.40. The highest BCUT2D eigenvalue weighted by Gasteiger charge is 2.35. The lowest BCUT2D eigenvalue weighted by molar-refractivity contribution is -0.121. The lowest BCUT2D eigenvalue weighted by Gasteiger charge is -2.39. The van der Waals surface area contributed by atoms with Crippen molar-refractivity contribution in [1.29, 1.82) is 0 Å². The van der Waals surface area contributed by atoms with Crippen molar-refractivity contribution in [1.82, 2.24) is 10.6 Å². The van der Waals surface area contributed by atoms with Crippen LogP contribution < -0.4 is 10.6 Å². The Kier molecular flexibility index (Phi) is 8.59. The zero-order chi connectivity index (χ0) is 15.8. The molecule has 1 amide bonds. The Hall–Kier alpha value is -1.10. The number of hydrogen-bond donors (Lipinski definition) is 2. The van der Waals surface area contributed by atoms with Gasteiger partial charge in [0.15, 0.2) is 0 Å². The molecule has 0 radical (unpaired) electrons. The zero-order valence-corrected chi connectivity index (χ0v) is 15.0. The van der Waals surface area contributed by atoms with Crippen molar-refractivity contribution in [2.45, 2.75) is 38.0 Å². The first-order chi connectivity index (χ1) is 10.7. The van der Waals surface area contributed by atoms with Gasteiger partial charge in [-0.05, 0) is 50.9 Å². The maximum absolute atomic E-state index is 12.0. The lowest BCUT2D eigenvalue weighted by atomic mass is 9.72. The third-order valence-corrected chi connectivity index (χ3v) is 4.62. The summed E-state index contributed by atoms with van der Waals surface area (Å²) in [7, 11) is 1.91. The molecular weight excluding hydrogens is 312 g/mol. The summed E-state index contributed by atoms with van der Waals surface area (Å²) in [6, 6.07) is 8.52. The van der Waals surface area contributed by atoms with Crippen LogP contribution in [-0.2, 0) is 14.9 Å². The smallest absolute Gasteiger partial charge is 0.220 e. The summed E-state index contributed by atoms with van der Waals surface area (Å²) < 4.78 is 5.55. The van der Waals surface area contributed by atoms with Gasteiger partial charge >= 0.3 is 0 Å². The van der Waals surface area contributed by atoms with E-state index in [9.17, 15) is 4.79 Å². The summed E-state index contributed by atoms with van der Waals surface area (Å²) in [5.74, 6) is 0.148. The molecule has 1 fully saturated rings. The first-order valence-electron chi connectivity index (χ1n) is 8.23. The molecule has 0 unspecified atom stereocenters. The second-order valence-electron chi connectivity index (χ2n) is 6.19. The Labute approximate surface area is 145 Å². The molecule has 1 heterocycles. The second kappa shape index (κ2) is 9.91. The van der Waals surface area contributed by atoms with E-state index in [-0.39, 0.29) is 23.7 Å². The van der Waals surface area contributed by atoms with Crippen LogP contribution >= 0.6 is 12.4 Å². The molecule has 1 aromatic rings. The molecule has 23 heavy (non-hydrogen) atoms. The van der Waals surface area contributed by atoms with E-state index < -0.39 is 0 Å². The van der Waals surface area contributed by atoms with Crippen LogP contribution in [0.4, 0.5) is 0 Å².